The monoisotopic (exact) mass is 224 g/mol. The van der Waals surface area contributed by atoms with Crippen LogP contribution in [0, 0.1) is 18.8 Å². The lowest BCUT2D eigenvalue weighted by Gasteiger charge is -2.14. The number of carbonyl (C=O) groups is 1. The Bertz CT molecular complexity index is 361. The minimum Gasteiger partial charge on any atom is -0.330 e. The van der Waals surface area contributed by atoms with Gasteiger partial charge in [-0.15, -0.1) is 11.3 Å². The van der Waals surface area contributed by atoms with Gasteiger partial charge >= 0.3 is 0 Å². The number of aromatic nitrogens is 1. The summed E-state index contributed by atoms with van der Waals surface area (Å²) < 4.78 is 0. The molecule has 0 bridgehead atoms. The molecule has 0 aromatic carbocycles. The highest BCUT2D eigenvalue weighted by atomic mass is 32.1. The highest BCUT2D eigenvalue weighted by Crippen LogP contribution is 2.33. The SMILES string of the molecule is Cc1nc(C(=O)C2CCCC2CN)cs1. The van der Waals surface area contributed by atoms with Crippen LogP contribution < -0.4 is 5.73 Å². The van der Waals surface area contributed by atoms with Crippen molar-refractivity contribution in [3.63, 3.8) is 0 Å². The Morgan fingerprint density at radius 3 is 3.07 bits per heavy atom. The number of thiazole rings is 1. The molecule has 3 nitrogen and oxygen atoms in total. The van der Waals surface area contributed by atoms with Crippen molar-refractivity contribution in [2.45, 2.75) is 26.2 Å². The van der Waals surface area contributed by atoms with Crippen molar-refractivity contribution < 1.29 is 4.79 Å². The molecule has 1 aliphatic rings. The van der Waals surface area contributed by atoms with Crippen LogP contribution in [0.25, 0.3) is 0 Å². The molecular formula is C11H16N2OS. The van der Waals surface area contributed by atoms with Crippen LogP contribution in [0.1, 0.15) is 34.8 Å². The van der Waals surface area contributed by atoms with E-state index in [4.69, 9.17) is 5.73 Å². The Hall–Kier alpha value is -0.740. The van der Waals surface area contributed by atoms with E-state index < -0.39 is 0 Å². The summed E-state index contributed by atoms with van der Waals surface area (Å²) >= 11 is 1.54. The summed E-state index contributed by atoms with van der Waals surface area (Å²) in [5, 5.41) is 2.82. The summed E-state index contributed by atoms with van der Waals surface area (Å²) in [6, 6.07) is 0. The first-order valence-corrected chi connectivity index (χ1v) is 6.26. The van der Waals surface area contributed by atoms with Gasteiger partial charge in [-0.05, 0) is 32.2 Å². The van der Waals surface area contributed by atoms with Crippen molar-refractivity contribution in [1.29, 1.82) is 0 Å². The predicted molar refractivity (Wildman–Crippen MR) is 61.1 cm³/mol. The van der Waals surface area contributed by atoms with Gasteiger partial charge in [0.05, 0.1) is 5.01 Å². The van der Waals surface area contributed by atoms with Crippen LogP contribution in [0.15, 0.2) is 5.38 Å². The molecule has 0 radical (unpaired) electrons. The maximum Gasteiger partial charge on any atom is 0.185 e. The second-order valence-electron chi connectivity index (χ2n) is 4.15. The molecule has 1 fully saturated rings. The maximum atomic E-state index is 12.1. The van der Waals surface area contributed by atoms with Gasteiger partial charge in [0, 0.05) is 11.3 Å². The van der Waals surface area contributed by atoms with Crippen molar-refractivity contribution in [1.82, 2.24) is 4.98 Å². The third-order valence-electron chi connectivity index (χ3n) is 3.17. The van der Waals surface area contributed by atoms with Gasteiger partial charge in [0.1, 0.15) is 5.69 Å². The van der Waals surface area contributed by atoms with Gasteiger partial charge in [0.25, 0.3) is 0 Å². The van der Waals surface area contributed by atoms with E-state index in [1.165, 1.54) is 11.3 Å². The lowest BCUT2D eigenvalue weighted by atomic mass is 9.91. The fourth-order valence-corrected chi connectivity index (χ4v) is 2.93. The molecule has 0 spiro atoms. The minimum absolute atomic E-state index is 0.122. The second kappa shape index (κ2) is 4.41. The van der Waals surface area contributed by atoms with Crippen LogP contribution in [0.4, 0.5) is 0 Å². The molecule has 1 saturated carbocycles. The highest BCUT2D eigenvalue weighted by Gasteiger charge is 2.33. The summed E-state index contributed by atoms with van der Waals surface area (Å²) in [5.74, 6) is 0.698. The van der Waals surface area contributed by atoms with Crippen LogP contribution in [0.2, 0.25) is 0 Å². The van der Waals surface area contributed by atoms with E-state index in [1.54, 1.807) is 0 Å². The van der Waals surface area contributed by atoms with Gasteiger partial charge in [0.15, 0.2) is 5.78 Å². The van der Waals surface area contributed by atoms with Crippen molar-refractivity contribution in [3.05, 3.63) is 16.1 Å². The zero-order valence-corrected chi connectivity index (χ0v) is 9.72. The largest absolute Gasteiger partial charge is 0.330 e. The molecule has 2 unspecified atom stereocenters. The highest BCUT2D eigenvalue weighted by molar-refractivity contribution is 7.09. The third kappa shape index (κ3) is 2.11. The van der Waals surface area contributed by atoms with Crippen LogP contribution in [0.3, 0.4) is 0 Å². The Labute approximate surface area is 93.7 Å². The third-order valence-corrected chi connectivity index (χ3v) is 3.94. The second-order valence-corrected chi connectivity index (χ2v) is 5.21. The van der Waals surface area contributed by atoms with E-state index in [9.17, 15) is 4.79 Å². The smallest absolute Gasteiger partial charge is 0.185 e. The summed E-state index contributed by atoms with van der Waals surface area (Å²) in [5.41, 5.74) is 6.32. The van der Waals surface area contributed by atoms with Crippen LogP contribution in [-0.2, 0) is 0 Å². The topological polar surface area (TPSA) is 56.0 Å². The molecular weight excluding hydrogens is 208 g/mol. The predicted octanol–water partition coefficient (Wildman–Crippen LogP) is 2.01. The summed E-state index contributed by atoms with van der Waals surface area (Å²) in [7, 11) is 0. The van der Waals surface area contributed by atoms with Crippen molar-refractivity contribution in [3.8, 4) is 0 Å². The molecule has 0 aliphatic heterocycles. The van der Waals surface area contributed by atoms with Crippen molar-refractivity contribution in [2.24, 2.45) is 17.6 Å². The maximum absolute atomic E-state index is 12.1. The lowest BCUT2D eigenvalue weighted by Crippen LogP contribution is -2.25. The van der Waals surface area contributed by atoms with Gasteiger partial charge in [-0.2, -0.15) is 0 Å². The van der Waals surface area contributed by atoms with Crippen LogP contribution in [0.5, 0.6) is 0 Å². The molecule has 0 amide bonds. The van der Waals surface area contributed by atoms with E-state index in [0.717, 1.165) is 24.3 Å². The van der Waals surface area contributed by atoms with E-state index >= 15 is 0 Å². The van der Waals surface area contributed by atoms with Gasteiger partial charge in [-0.1, -0.05) is 6.42 Å². The Morgan fingerprint density at radius 2 is 2.47 bits per heavy atom. The Balaban J connectivity index is 2.13. The zero-order chi connectivity index (χ0) is 10.8. The number of nitrogens with zero attached hydrogens (tertiary/aromatic N) is 1. The van der Waals surface area contributed by atoms with Crippen molar-refractivity contribution >= 4 is 17.1 Å². The number of ketones is 1. The molecule has 1 aliphatic carbocycles. The minimum atomic E-state index is 0.122. The summed E-state index contributed by atoms with van der Waals surface area (Å²) in [6.07, 6.45) is 3.20. The first-order chi connectivity index (χ1) is 7.22. The number of carbonyl (C=O) groups excluding carboxylic acids is 1. The molecule has 15 heavy (non-hydrogen) atoms. The van der Waals surface area contributed by atoms with Gasteiger partial charge in [-0.25, -0.2) is 4.98 Å². The normalized spacial score (nSPS) is 25.7. The molecule has 2 rings (SSSR count). The number of nitrogens with two attached hydrogens (primary N) is 1. The number of rotatable bonds is 3. The molecule has 1 heterocycles. The van der Waals surface area contributed by atoms with Crippen LogP contribution in [-0.4, -0.2) is 17.3 Å². The number of aryl methyl sites for hydroxylation is 1. The number of hydrogen-bond donors (Lipinski definition) is 1. The van der Waals surface area contributed by atoms with E-state index in [0.29, 0.717) is 18.2 Å². The van der Waals surface area contributed by atoms with E-state index in [1.807, 2.05) is 12.3 Å². The van der Waals surface area contributed by atoms with Gasteiger partial charge in [0.2, 0.25) is 0 Å². The standard InChI is InChI=1S/C11H16N2OS/c1-7-13-10(6-15-7)11(14)9-4-2-3-8(9)5-12/h6,8-9H,2-5,12H2,1H3. The fraction of sp³-hybridized carbons (Fsp3) is 0.636. The molecule has 2 atom stereocenters. The molecule has 2 N–H and O–H groups in total. The first-order valence-electron chi connectivity index (χ1n) is 5.38. The van der Waals surface area contributed by atoms with Gasteiger partial charge < -0.3 is 5.73 Å². The fourth-order valence-electron chi connectivity index (χ4n) is 2.33. The number of Topliss-reactive ketones (excluding diaryl/α,β-unsaturated/α-hetero) is 1. The summed E-state index contributed by atoms with van der Waals surface area (Å²) in [6.45, 7) is 2.55. The van der Waals surface area contributed by atoms with Crippen molar-refractivity contribution in [2.75, 3.05) is 6.54 Å². The van der Waals surface area contributed by atoms with E-state index in [2.05, 4.69) is 4.98 Å². The Morgan fingerprint density at radius 1 is 1.67 bits per heavy atom. The average molecular weight is 224 g/mol. The molecule has 1 aromatic rings. The lowest BCUT2D eigenvalue weighted by molar-refractivity contribution is 0.0889. The van der Waals surface area contributed by atoms with E-state index in [-0.39, 0.29) is 11.7 Å². The average Bonchev–Trinajstić information content (AvgIpc) is 2.84. The molecule has 82 valence electrons. The first kappa shape index (κ1) is 10.8. The summed E-state index contributed by atoms with van der Waals surface area (Å²) in [4.78, 5) is 16.4. The quantitative estimate of drug-likeness (QED) is 0.799. The Kier molecular flexibility index (Phi) is 3.17. The zero-order valence-electron chi connectivity index (χ0n) is 8.90. The number of hydrogen-bond acceptors (Lipinski definition) is 4. The molecule has 1 aromatic heterocycles. The molecule has 4 heteroatoms. The molecule has 0 saturated heterocycles. The van der Waals surface area contributed by atoms with Crippen LogP contribution >= 0.6 is 11.3 Å². The van der Waals surface area contributed by atoms with Gasteiger partial charge in [-0.3, -0.25) is 4.79 Å².